The molecule has 1 saturated heterocycles. The molecule has 0 spiro atoms. The summed E-state index contributed by atoms with van der Waals surface area (Å²) in [7, 11) is 0. The van der Waals surface area contributed by atoms with Crippen molar-refractivity contribution in [1.29, 1.82) is 0 Å². The molecule has 0 radical (unpaired) electrons. The Balaban J connectivity index is 1.03. The van der Waals surface area contributed by atoms with Gasteiger partial charge in [-0.25, -0.2) is 9.97 Å². The Bertz CT molecular complexity index is 1420. The number of anilines is 2. The second-order valence-electron chi connectivity index (χ2n) is 12.8. The zero-order valence-electron chi connectivity index (χ0n) is 27.4. The topological polar surface area (TPSA) is 170 Å². The molecule has 7 N–H and O–H groups in total. The second-order valence-corrected chi connectivity index (χ2v) is 13.7. The monoisotopic (exact) mass is 665 g/mol. The van der Waals surface area contributed by atoms with Gasteiger partial charge in [-0.2, -0.15) is 4.98 Å². The Labute approximate surface area is 281 Å². The third kappa shape index (κ3) is 11.1. The van der Waals surface area contributed by atoms with Gasteiger partial charge >= 0.3 is 5.97 Å². The summed E-state index contributed by atoms with van der Waals surface area (Å²) in [6.45, 7) is 4.93. The lowest BCUT2D eigenvalue weighted by Crippen LogP contribution is -2.43. The second kappa shape index (κ2) is 18.2. The maximum absolute atomic E-state index is 12.6. The molecule has 47 heavy (non-hydrogen) atoms. The number of aliphatic carboxylic acids is 1. The van der Waals surface area contributed by atoms with E-state index in [9.17, 15) is 9.59 Å². The predicted octanol–water partition coefficient (Wildman–Crippen LogP) is 4.13. The number of carbonyl (C=O) groups is 2. The van der Waals surface area contributed by atoms with Crippen LogP contribution in [-0.4, -0.2) is 87.7 Å². The van der Waals surface area contributed by atoms with Crippen molar-refractivity contribution < 1.29 is 14.7 Å². The van der Waals surface area contributed by atoms with E-state index in [0.717, 1.165) is 78.8 Å². The molecule has 5 rings (SSSR count). The van der Waals surface area contributed by atoms with Gasteiger partial charge in [-0.15, -0.1) is 11.3 Å². The lowest BCUT2D eigenvalue weighted by Gasteiger charge is -2.33. The standard InChI is InChI=1S/C34H51N9O3S/c35-28(33(45)46)13-14-31(44)43-20-15-25(16-21-43)40-32-27-11-4-5-12-29(27)41-34(42-32)38-22-30-39-26(23-47-30)10-6-17-36-18-7-19-37-24-8-2-1-3-9-24/h4-5,11-12,23-25,28,36-37H,1-3,6-10,13-22,35H2,(H,45,46)(H2,38,40,41,42)/t28-/m0/s1. The van der Waals surface area contributed by atoms with Gasteiger partial charge in [0.1, 0.15) is 16.9 Å². The molecular weight excluding hydrogens is 615 g/mol. The summed E-state index contributed by atoms with van der Waals surface area (Å²) >= 11 is 1.66. The van der Waals surface area contributed by atoms with Crippen molar-refractivity contribution >= 4 is 45.9 Å². The van der Waals surface area contributed by atoms with E-state index in [2.05, 4.69) is 26.6 Å². The first kappa shape index (κ1) is 34.9. The van der Waals surface area contributed by atoms with Crippen LogP contribution in [0.2, 0.25) is 0 Å². The van der Waals surface area contributed by atoms with Crippen LogP contribution in [0.4, 0.5) is 11.8 Å². The van der Waals surface area contributed by atoms with Gasteiger partial charge in [-0.1, -0.05) is 31.4 Å². The van der Waals surface area contributed by atoms with Crippen molar-refractivity contribution in [3.05, 3.63) is 40.3 Å². The number of amides is 1. The number of thiazole rings is 1. The zero-order valence-corrected chi connectivity index (χ0v) is 28.2. The van der Waals surface area contributed by atoms with E-state index in [1.54, 1.807) is 16.2 Å². The Morgan fingerprint density at radius 3 is 2.57 bits per heavy atom. The highest BCUT2D eigenvalue weighted by Gasteiger charge is 2.25. The number of carboxylic acid groups (broad SMARTS) is 1. The van der Waals surface area contributed by atoms with Crippen LogP contribution in [0.3, 0.4) is 0 Å². The van der Waals surface area contributed by atoms with E-state index in [1.165, 1.54) is 38.5 Å². The molecule has 3 aromatic rings. The third-order valence-corrected chi connectivity index (χ3v) is 10.0. The van der Waals surface area contributed by atoms with Gasteiger partial charge < -0.3 is 37.0 Å². The number of piperidine rings is 1. The zero-order chi connectivity index (χ0) is 32.8. The average Bonchev–Trinajstić information content (AvgIpc) is 3.55. The lowest BCUT2D eigenvalue weighted by atomic mass is 9.95. The van der Waals surface area contributed by atoms with Crippen LogP contribution in [0.5, 0.6) is 0 Å². The summed E-state index contributed by atoms with van der Waals surface area (Å²) in [5.41, 5.74) is 7.55. The summed E-state index contributed by atoms with van der Waals surface area (Å²) in [6, 6.07) is 7.84. The van der Waals surface area contributed by atoms with Crippen molar-refractivity contribution in [3.63, 3.8) is 0 Å². The van der Waals surface area contributed by atoms with E-state index in [0.29, 0.717) is 25.6 Å². The Morgan fingerprint density at radius 1 is 0.979 bits per heavy atom. The van der Waals surface area contributed by atoms with E-state index < -0.39 is 12.0 Å². The molecule has 2 fully saturated rings. The number of hydrogen-bond donors (Lipinski definition) is 6. The fourth-order valence-electron chi connectivity index (χ4n) is 6.34. The maximum atomic E-state index is 12.6. The number of likely N-dealkylation sites (tertiary alicyclic amines) is 1. The number of nitrogens with two attached hydrogens (primary N) is 1. The van der Waals surface area contributed by atoms with Gasteiger partial charge in [0.25, 0.3) is 0 Å². The minimum atomic E-state index is -1.08. The molecule has 1 aromatic carbocycles. The number of carboxylic acids is 1. The smallest absolute Gasteiger partial charge is 0.320 e. The predicted molar refractivity (Wildman–Crippen MR) is 188 cm³/mol. The fraction of sp³-hybridized carbons (Fsp3) is 0.618. The molecule has 2 aliphatic rings. The number of rotatable bonds is 18. The van der Waals surface area contributed by atoms with Crippen LogP contribution in [0.1, 0.15) is 81.3 Å². The summed E-state index contributed by atoms with van der Waals surface area (Å²) in [5.74, 6) is 0.194. The molecule has 3 heterocycles. The average molecular weight is 666 g/mol. The number of aromatic nitrogens is 3. The molecule has 1 atom stereocenters. The van der Waals surface area contributed by atoms with Crippen LogP contribution in [0.15, 0.2) is 29.6 Å². The molecule has 256 valence electrons. The number of para-hydroxylation sites is 1. The van der Waals surface area contributed by atoms with Crippen molar-refractivity contribution in [2.75, 3.05) is 43.4 Å². The summed E-state index contributed by atoms with van der Waals surface area (Å²) in [4.78, 5) is 39.8. The number of fused-ring (bicyclic) bond motifs is 1. The molecular formula is C34H51N9O3S. The van der Waals surface area contributed by atoms with Crippen LogP contribution in [-0.2, 0) is 22.6 Å². The largest absolute Gasteiger partial charge is 0.480 e. The minimum Gasteiger partial charge on any atom is -0.480 e. The first-order valence-electron chi connectivity index (χ1n) is 17.4. The van der Waals surface area contributed by atoms with E-state index >= 15 is 0 Å². The normalized spacial score (nSPS) is 16.7. The lowest BCUT2D eigenvalue weighted by molar-refractivity contribution is -0.139. The maximum Gasteiger partial charge on any atom is 0.320 e. The van der Waals surface area contributed by atoms with Gasteiger partial charge in [0, 0.05) is 42.4 Å². The molecule has 13 heteroatoms. The highest BCUT2D eigenvalue weighted by atomic mass is 32.1. The fourth-order valence-corrected chi connectivity index (χ4v) is 7.11. The van der Waals surface area contributed by atoms with Crippen LogP contribution in [0.25, 0.3) is 10.9 Å². The number of benzene rings is 1. The first-order valence-corrected chi connectivity index (χ1v) is 18.2. The van der Waals surface area contributed by atoms with E-state index in [4.69, 9.17) is 25.8 Å². The summed E-state index contributed by atoms with van der Waals surface area (Å²) in [6.07, 6.45) is 11.9. The van der Waals surface area contributed by atoms with Crippen molar-refractivity contribution in [2.45, 2.75) is 102 Å². The molecule has 0 bridgehead atoms. The SMILES string of the molecule is N[C@@H](CCC(=O)N1CCC(Nc2nc(NCc3nc(CCCNCCCNC4CCCCC4)cs3)nc3ccccc23)CC1)C(=O)O. The Kier molecular flexibility index (Phi) is 13.6. The molecule has 12 nitrogen and oxygen atoms in total. The van der Waals surface area contributed by atoms with E-state index in [-0.39, 0.29) is 24.8 Å². The highest BCUT2D eigenvalue weighted by molar-refractivity contribution is 7.09. The van der Waals surface area contributed by atoms with Gasteiger partial charge in [-0.05, 0) is 83.1 Å². The number of nitrogens with one attached hydrogen (secondary N) is 4. The molecule has 1 amide bonds. The van der Waals surface area contributed by atoms with Gasteiger partial charge in [0.15, 0.2) is 0 Å². The number of hydrogen-bond acceptors (Lipinski definition) is 11. The first-order chi connectivity index (χ1) is 22.9. The summed E-state index contributed by atoms with van der Waals surface area (Å²) < 4.78 is 0. The number of nitrogens with zero attached hydrogens (tertiary/aromatic N) is 4. The Morgan fingerprint density at radius 2 is 1.77 bits per heavy atom. The minimum absolute atomic E-state index is 0.0471. The van der Waals surface area contributed by atoms with Crippen LogP contribution in [0, 0.1) is 0 Å². The summed E-state index contributed by atoms with van der Waals surface area (Å²) in [5, 5.41) is 27.4. The molecule has 0 unspecified atom stereocenters. The highest BCUT2D eigenvalue weighted by Crippen LogP contribution is 2.25. The van der Waals surface area contributed by atoms with Crippen LogP contribution < -0.4 is 27.0 Å². The molecule has 1 aliphatic carbocycles. The van der Waals surface area contributed by atoms with Crippen molar-refractivity contribution in [2.24, 2.45) is 5.73 Å². The molecule has 1 saturated carbocycles. The number of carbonyl (C=O) groups excluding carboxylic acids is 1. The quantitative estimate of drug-likeness (QED) is 0.108. The van der Waals surface area contributed by atoms with Gasteiger partial charge in [0.2, 0.25) is 11.9 Å². The van der Waals surface area contributed by atoms with Gasteiger partial charge in [-0.3, -0.25) is 9.59 Å². The van der Waals surface area contributed by atoms with Crippen molar-refractivity contribution in [3.8, 4) is 0 Å². The number of aryl methyl sites for hydroxylation is 1. The van der Waals surface area contributed by atoms with Gasteiger partial charge in [0.05, 0.1) is 17.8 Å². The molecule has 2 aromatic heterocycles. The van der Waals surface area contributed by atoms with E-state index in [1.807, 2.05) is 24.3 Å². The Hall–Kier alpha value is -3.39. The van der Waals surface area contributed by atoms with Crippen molar-refractivity contribution in [1.82, 2.24) is 30.5 Å². The third-order valence-electron chi connectivity index (χ3n) is 9.13. The molecule has 1 aliphatic heterocycles. The van der Waals surface area contributed by atoms with Crippen LogP contribution >= 0.6 is 11.3 Å².